The third-order valence-electron chi connectivity index (χ3n) is 2.68. The van der Waals surface area contributed by atoms with Crippen molar-refractivity contribution in [3.05, 3.63) is 21.9 Å². The summed E-state index contributed by atoms with van der Waals surface area (Å²) in [4.78, 5) is 12.6. The quantitative estimate of drug-likeness (QED) is 0.696. The Morgan fingerprint density at radius 1 is 1.60 bits per heavy atom. The summed E-state index contributed by atoms with van der Waals surface area (Å²) in [6.07, 6.45) is 3.80. The highest BCUT2D eigenvalue weighted by molar-refractivity contribution is 7.10. The highest BCUT2D eigenvalue weighted by Gasteiger charge is 2.31. The normalized spacial score (nSPS) is 19.3. The summed E-state index contributed by atoms with van der Waals surface area (Å²) in [6.45, 7) is 2.12. The topological polar surface area (TPSA) is 17.1 Å². The lowest BCUT2D eigenvalue weighted by molar-refractivity contribution is -0.125. The van der Waals surface area contributed by atoms with Gasteiger partial charge in [-0.25, -0.2) is 0 Å². The maximum absolute atomic E-state index is 11.4. The second kappa shape index (κ2) is 4.63. The van der Waals surface area contributed by atoms with E-state index in [2.05, 4.69) is 18.8 Å². The zero-order valence-electron chi connectivity index (χ0n) is 8.88. The number of rotatable bonds is 2. The van der Waals surface area contributed by atoms with Gasteiger partial charge in [-0.1, -0.05) is 18.8 Å². The molecular formula is C13H14OS. The van der Waals surface area contributed by atoms with Crippen molar-refractivity contribution < 1.29 is 4.79 Å². The molecule has 78 valence electrons. The van der Waals surface area contributed by atoms with E-state index in [0.717, 1.165) is 31.2 Å². The molecule has 0 saturated heterocycles. The Hall–Kier alpha value is -1.07. The van der Waals surface area contributed by atoms with E-state index < -0.39 is 0 Å². The van der Waals surface area contributed by atoms with Crippen molar-refractivity contribution in [2.45, 2.75) is 38.5 Å². The van der Waals surface area contributed by atoms with E-state index in [0.29, 0.717) is 5.78 Å². The summed E-state index contributed by atoms with van der Waals surface area (Å²) in [5.41, 5.74) is 1.08. The average molecular weight is 218 g/mol. The lowest BCUT2D eigenvalue weighted by Gasteiger charge is -2.22. The van der Waals surface area contributed by atoms with Crippen molar-refractivity contribution in [3.63, 3.8) is 0 Å². The molecule has 0 bridgehead atoms. The third-order valence-corrected chi connectivity index (χ3v) is 3.71. The van der Waals surface area contributed by atoms with Gasteiger partial charge in [0, 0.05) is 23.3 Å². The Morgan fingerprint density at radius 2 is 2.47 bits per heavy atom. The smallest absolute Gasteiger partial charge is 0.141 e. The van der Waals surface area contributed by atoms with Crippen LogP contribution < -0.4 is 0 Å². The van der Waals surface area contributed by atoms with Gasteiger partial charge < -0.3 is 0 Å². The number of ketones is 1. The molecule has 1 saturated carbocycles. The standard InChI is InChI=1S/C13H14OS/c1-2-3-4-5-10-8-9-15-13(10)11-6-7-12(11)14/h8-9,11H,2-3,6-7H2,1H3. The van der Waals surface area contributed by atoms with Crippen LogP contribution in [0.2, 0.25) is 0 Å². The molecule has 1 aromatic heterocycles. The van der Waals surface area contributed by atoms with E-state index >= 15 is 0 Å². The molecule has 1 aliphatic carbocycles. The molecule has 0 N–H and O–H groups in total. The fourth-order valence-electron chi connectivity index (χ4n) is 1.66. The van der Waals surface area contributed by atoms with Gasteiger partial charge in [-0.05, 0) is 24.3 Å². The monoisotopic (exact) mass is 218 g/mol. The fourth-order valence-corrected chi connectivity index (χ4v) is 2.67. The first-order valence-electron chi connectivity index (χ1n) is 5.42. The van der Waals surface area contributed by atoms with E-state index in [1.54, 1.807) is 11.3 Å². The molecule has 1 aromatic rings. The Balaban J connectivity index is 2.16. The minimum Gasteiger partial charge on any atom is -0.299 e. The van der Waals surface area contributed by atoms with Crippen LogP contribution in [0.1, 0.15) is 49.0 Å². The molecule has 1 fully saturated rings. The van der Waals surface area contributed by atoms with Gasteiger partial charge in [0.15, 0.2) is 0 Å². The molecule has 0 aliphatic heterocycles. The molecule has 1 atom stereocenters. The van der Waals surface area contributed by atoms with Crippen LogP contribution in [-0.4, -0.2) is 5.78 Å². The van der Waals surface area contributed by atoms with Gasteiger partial charge in [0.1, 0.15) is 5.78 Å². The number of hydrogen-bond donors (Lipinski definition) is 0. The highest BCUT2D eigenvalue weighted by atomic mass is 32.1. The molecule has 1 aliphatic rings. The summed E-state index contributed by atoms with van der Waals surface area (Å²) >= 11 is 1.67. The van der Waals surface area contributed by atoms with Gasteiger partial charge in [0.05, 0.1) is 5.92 Å². The van der Waals surface area contributed by atoms with E-state index in [9.17, 15) is 4.79 Å². The van der Waals surface area contributed by atoms with Gasteiger partial charge in [0.25, 0.3) is 0 Å². The number of carbonyl (C=O) groups is 1. The zero-order valence-corrected chi connectivity index (χ0v) is 9.69. The first-order valence-corrected chi connectivity index (χ1v) is 6.30. The third kappa shape index (κ3) is 2.13. The summed E-state index contributed by atoms with van der Waals surface area (Å²) < 4.78 is 0. The minimum atomic E-state index is 0.163. The number of hydrogen-bond acceptors (Lipinski definition) is 2. The van der Waals surface area contributed by atoms with Crippen LogP contribution >= 0.6 is 11.3 Å². The maximum Gasteiger partial charge on any atom is 0.141 e. The average Bonchev–Trinajstić information content (AvgIpc) is 2.65. The van der Waals surface area contributed by atoms with Crippen molar-refractivity contribution >= 4 is 17.1 Å². The lowest BCUT2D eigenvalue weighted by atomic mass is 9.81. The number of thiophene rings is 1. The van der Waals surface area contributed by atoms with Crippen molar-refractivity contribution in [1.82, 2.24) is 0 Å². The minimum absolute atomic E-state index is 0.163. The highest BCUT2D eigenvalue weighted by Crippen LogP contribution is 2.37. The van der Waals surface area contributed by atoms with Crippen LogP contribution in [-0.2, 0) is 4.79 Å². The fraction of sp³-hybridized carbons (Fsp3) is 0.462. The largest absolute Gasteiger partial charge is 0.299 e. The molecule has 0 amide bonds. The lowest BCUT2D eigenvalue weighted by Crippen LogP contribution is -2.22. The van der Waals surface area contributed by atoms with Crippen LogP contribution in [0.4, 0.5) is 0 Å². The molecule has 15 heavy (non-hydrogen) atoms. The summed E-state index contributed by atoms with van der Waals surface area (Å²) in [6, 6.07) is 2.04. The second-order valence-electron chi connectivity index (χ2n) is 3.81. The van der Waals surface area contributed by atoms with E-state index in [1.807, 2.05) is 11.4 Å². The van der Waals surface area contributed by atoms with Gasteiger partial charge in [0.2, 0.25) is 0 Å². The first-order chi connectivity index (χ1) is 7.33. The number of carbonyl (C=O) groups excluding carboxylic acids is 1. The van der Waals surface area contributed by atoms with Crippen molar-refractivity contribution in [2.24, 2.45) is 0 Å². The molecular weight excluding hydrogens is 204 g/mol. The SMILES string of the molecule is CCCC#Cc1ccsc1C1CCC1=O. The van der Waals surface area contributed by atoms with Crippen LogP contribution in [0.5, 0.6) is 0 Å². The van der Waals surface area contributed by atoms with Crippen LogP contribution in [0.25, 0.3) is 0 Å². The molecule has 0 aromatic carbocycles. The summed E-state index contributed by atoms with van der Waals surface area (Å²) in [5, 5.41) is 2.04. The molecule has 1 unspecified atom stereocenters. The van der Waals surface area contributed by atoms with Gasteiger partial charge >= 0.3 is 0 Å². The molecule has 1 nitrogen and oxygen atoms in total. The first kappa shape index (κ1) is 10.4. The second-order valence-corrected chi connectivity index (χ2v) is 4.76. The van der Waals surface area contributed by atoms with Crippen molar-refractivity contribution in [3.8, 4) is 11.8 Å². The number of Topliss-reactive ketones (excluding diaryl/α,β-unsaturated/α-hetero) is 1. The van der Waals surface area contributed by atoms with E-state index in [4.69, 9.17) is 0 Å². The molecule has 2 heteroatoms. The molecule has 0 radical (unpaired) electrons. The molecule has 1 heterocycles. The Morgan fingerprint density at radius 3 is 3.07 bits per heavy atom. The maximum atomic E-state index is 11.4. The van der Waals surface area contributed by atoms with Crippen molar-refractivity contribution in [2.75, 3.05) is 0 Å². The predicted molar refractivity (Wildman–Crippen MR) is 63.1 cm³/mol. The Bertz CT molecular complexity index is 419. The van der Waals surface area contributed by atoms with Crippen LogP contribution in [0.3, 0.4) is 0 Å². The molecule has 0 spiro atoms. The zero-order chi connectivity index (χ0) is 10.7. The van der Waals surface area contributed by atoms with Gasteiger partial charge in [-0.2, -0.15) is 0 Å². The van der Waals surface area contributed by atoms with E-state index in [-0.39, 0.29) is 5.92 Å². The van der Waals surface area contributed by atoms with E-state index in [1.165, 1.54) is 4.88 Å². The number of unbranched alkanes of at least 4 members (excludes halogenated alkanes) is 1. The molecule has 2 rings (SSSR count). The predicted octanol–water partition coefficient (Wildman–Crippen LogP) is 3.35. The van der Waals surface area contributed by atoms with Crippen molar-refractivity contribution in [1.29, 1.82) is 0 Å². The van der Waals surface area contributed by atoms with Crippen LogP contribution in [0, 0.1) is 11.8 Å². The summed E-state index contributed by atoms with van der Waals surface area (Å²) in [7, 11) is 0. The van der Waals surface area contributed by atoms with Crippen LogP contribution in [0.15, 0.2) is 11.4 Å². The van der Waals surface area contributed by atoms with Gasteiger partial charge in [-0.3, -0.25) is 4.79 Å². The van der Waals surface area contributed by atoms with Gasteiger partial charge in [-0.15, -0.1) is 11.3 Å². The summed E-state index contributed by atoms with van der Waals surface area (Å²) in [5.74, 6) is 6.86. The Kier molecular flexibility index (Phi) is 3.23. The Labute approximate surface area is 94.5 Å².